The van der Waals surface area contributed by atoms with Crippen LogP contribution in [-0.2, 0) is 5.41 Å². The number of aromatic nitrogens is 5. The Hall–Kier alpha value is -8.28. The van der Waals surface area contributed by atoms with Gasteiger partial charge in [0.05, 0.1) is 11.0 Å². The van der Waals surface area contributed by atoms with E-state index in [4.69, 9.17) is 0 Å². The normalized spacial score (nSPS) is 12.7. The highest BCUT2D eigenvalue weighted by Gasteiger charge is 2.36. The van der Waals surface area contributed by atoms with Crippen LogP contribution in [0.15, 0.2) is 213 Å². The molecule has 0 amide bonds. The van der Waals surface area contributed by atoms with Crippen molar-refractivity contribution < 1.29 is 0 Å². The fourth-order valence-electron chi connectivity index (χ4n) is 9.85. The van der Waals surface area contributed by atoms with Gasteiger partial charge in [0.15, 0.2) is 0 Å². The third-order valence-corrected chi connectivity index (χ3v) is 13.1. The molecule has 0 aliphatic heterocycles. The van der Waals surface area contributed by atoms with Crippen molar-refractivity contribution >= 4 is 21.8 Å². The lowest BCUT2D eigenvalue weighted by atomic mass is 9.82. The lowest BCUT2D eigenvalue weighted by Gasteiger charge is -2.22. The minimum Gasteiger partial charge on any atom is -0.309 e. The Morgan fingerprint density at radius 2 is 0.812 bits per heavy atom. The van der Waals surface area contributed by atoms with Gasteiger partial charge in [0, 0.05) is 105 Å². The molecule has 0 N–H and O–H groups in total. The summed E-state index contributed by atoms with van der Waals surface area (Å²) in [6.07, 6.45) is 15.1. The lowest BCUT2D eigenvalue weighted by molar-refractivity contribution is 0.661. The summed E-state index contributed by atoms with van der Waals surface area (Å²) < 4.78 is 2.48. The SMILES string of the molecule is CC1(C)c2ccccc2-c2cc3c4ccccc4n(-c4cc(-c5cccc(-c6cncc(-c7cccnc7)c6)c5)cc(-c5cccc(-c6cncc(-c7cccnc7)c6)c5)c4)c3cc21. The predicted molar refractivity (Wildman–Crippen MR) is 262 cm³/mol. The topological polar surface area (TPSA) is 56.5 Å². The molecule has 0 radical (unpaired) electrons. The number of fused-ring (bicyclic) bond motifs is 6. The van der Waals surface area contributed by atoms with Crippen molar-refractivity contribution in [3.63, 3.8) is 0 Å². The van der Waals surface area contributed by atoms with Crippen LogP contribution in [0.1, 0.15) is 25.0 Å². The zero-order chi connectivity index (χ0) is 42.8. The van der Waals surface area contributed by atoms with E-state index in [0.29, 0.717) is 0 Å². The first-order valence-corrected chi connectivity index (χ1v) is 21.7. The van der Waals surface area contributed by atoms with E-state index in [1.165, 1.54) is 44.1 Å². The van der Waals surface area contributed by atoms with E-state index in [0.717, 1.165) is 72.4 Å². The number of rotatable bonds is 7. The van der Waals surface area contributed by atoms with Crippen LogP contribution in [0.4, 0.5) is 0 Å². The van der Waals surface area contributed by atoms with Crippen molar-refractivity contribution in [2.45, 2.75) is 19.3 Å². The largest absolute Gasteiger partial charge is 0.309 e. The minimum atomic E-state index is -0.137. The average Bonchev–Trinajstić information content (AvgIpc) is 3.81. The maximum absolute atomic E-state index is 4.66. The second-order valence-corrected chi connectivity index (χ2v) is 17.3. The quantitative estimate of drug-likeness (QED) is 0.161. The molecule has 5 heteroatoms. The number of pyridine rings is 4. The van der Waals surface area contributed by atoms with Crippen LogP contribution in [0.2, 0.25) is 0 Å². The molecular weight excluding hydrogens is 779 g/mol. The van der Waals surface area contributed by atoms with E-state index >= 15 is 0 Å². The highest BCUT2D eigenvalue weighted by molar-refractivity contribution is 6.12. The van der Waals surface area contributed by atoms with E-state index in [2.05, 4.69) is 190 Å². The zero-order valence-electron chi connectivity index (χ0n) is 35.4. The molecule has 1 aliphatic carbocycles. The summed E-state index contributed by atoms with van der Waals surface area (Å²) in [5.41, 5.74) is 21.6. The molecule has 5 aromatic heterocycles. The Labute approximate surface area is 372 Å². The minimum absolute atomic E-state index is 0.137. The van der Waals surface area contributed by atoms with Crippen LogP contribution in [-0.4, -0.2) is 24.5 Å². The lowest BCUT2D eigenvalue weighted by Crippen LogP contribution is -2.15. The molecule has 0 unspecified atom stereocenters. The van der Waals surface area contributed by atoms with Gasteiger partial charge in [-0.25, -0.2) is 0 Å². The second kappa shape index (κ2) is 15.0. The number of nitrogens with zero attached hydrogens (tertiary/aromatic N) is 5. The van der Waals surface area contributed by atoms with Crippen molar-refractivity contribution in [2.75, 3.05) is 0 Å². The van der Waals surface area contributed by atoms with Crippen LogP contribution in [0.3, 0.4) is 0 Å². The summed E-state index contributed by atoms with van der Waals surface area (Å²) in [7, 11) is 0. The summed E-state index contributed by atoms with van der Waals surface area (Å²) in [6, 6.07) is 59.8. The number of para-hydroxylation sites is 1. The van der Waals surface area contributed by atoms with Crippen LogP contribution in [0, 0.1) is 0 Å². The fourth-order valence-corrected chi connectivity index (χ4v) is 9.85. The van der Waals surface area contributed by atoms with Crippen molar-refractivity contribution in [1.29, 1.82) is 0 Å². The van der Waals surface area contributed by atoms with Gasteiger partial charge in [-0.15, -0.1) is 0 Å². The first-order valence-electron chi connectivity index (χ1n) is 21.7. The van der Waals surface area contributed by atoms with Gasteiger partial charge in [-0.1, -0.05) is 105 Å². The molecule has 0 saturated heterocycles. The molecular formula is C59H41N5. The van der Waals surface area contributed by atoms with Crippen molar-refractivity contribution in [1.82, 2.24) is 24.5 Å². The van der Waals surface area contributed by atoms with Gasteiger partial charge in [-0.05, 0) is 128 Å². The molecule has 0 spiro atoms. The summed E-state index contributed by atoms with van der Waals surface area (Å²) in [6.45, 7) is 4.72. The van der Waals surface area contributed by atoms with Crippen LogP contribution in [0.25, 0.3) is 105 Å². The van der Waals surface area contributed by atoms with Gasteiger partial charge >= 0.3 is 0 Å². The molecule has 0 bridgehead atoms. The molecule has 302 valence electrons. The summed E-state index contributed by atoms with van der Waals surface area (Å²) in [5, 5.41) is 2.49. The Kier molecular flexibility index (Phi) is 8.76. The van der Waals surface area contributed by atoms with E-state index in [1.54, 1.807) is 12.4 Å². The standard InChI is InChI=1S/C59H41N5/c1-59(2)55-19-5-3-17-51(55)53-30-54-52-18-4-6-20-57(52)64(58(54)31-56(53)59)50-28-44(38-11-7-13-40(23-38)46-26-48(36-62-34-46)42-15-9-21-60-32-42)25-45(29-50)39-12-8-14-41(24-39)47-27-49(37-63-35-47)43-16-10-22-61-33-43/h3-37H,1-2H3. The predicted octanol–water partition coefficient (Wildman–Crippen LogP) is 14.7. The molecule has 0 saturated carbocycles. The molecule has 64 heavy (non-hydrogen) atoms. The maximum atomic E-state index is 4.66. The van der Waals surface area contributed by atoms with Crippen molar-refractivity contribution in [3.05, 3.63) is 224 Å². The molecule has 0 atom stereocenters. The van der Waals surface area contributed by atoms with Crippen LogP contribution in [0.5, 0.6) is 0 Å². The number of hydrogen-bond acceptors (Lipinski definition) is 4. The van der Waals surface area contributed by atoms with Crippen molar-refractivity contribution in [2.24, 2.45) is 0 Å². The van der Waals surface area contributed by atoms with Crippen molar-refractivity contribution in [3.8, 4) is 83.6 Å². The highest BCUT2D eigenvalue weighted by atomic mass is 15.0. The summed E-state index contributed by atoms with van der Waals surface area (Å²) in [4.78, 5) is 18.0. The molecule has 11 aromatic rings. The van der Waals surface area contributed by atoms with E-state index in [9.17, 15) is 0 Å². The third kappa shape index (κ3) is 6.32. The van der Waals surface area contributed by atoms with Gasteiger partial charge in [-0.3, -0.25) is 19.9 Å². The van der Waals surface area contributed by atoms with E-state index in [1.807, 2.05) is 49.3 Å². The van der Waals surface area contributed by atoms with Gasteiger partial charge in [0.2, 0.25) is 0 Å². The summed E-state index contributed by atoms with van der Waals surface area (Å²) >= 11 is 0. The molecule has 5 heterocycles. The van der Waals surface area contributed by atoms with Crippen LogP contribution >= 0.6 is 0 Å². The maximum Gasteiger partial charge on any atom is 0.0544 e. The number of benzene rings is 6. The Bertz CT molecular complexity index is 3440. The van der Waals surface area contributed by atoms with Gasteiger partial charge in [0.25, 0.3) is 0 Å². The van der Waals surface area contributed by atoms with Crippen LogP contribution < -0.4 is 0 Å². The Morgan fingerprint density at radius 1 is 0.328 bits per heavy atom. The Morgan fingerprint density at radius 3 is 1.41 bits per heavy atom. The average molecular weight is 820 g/mol. The monoisotopic (exact) mass is 819 g/mol. The fraction of sp³-hybridized carbons (Fsp3) is 0.0508. The Balaban J connectivity index is 1.06. The van der Waals surface area contributed by atoms with Gasteiger partial charge in [0.1, 0.15) is 0 Å². The molecule has 6 aromatic carbocycles. The molecule has 5 nitrogen and oxygen atoms in total. The first kappa shape index (κ1) is 37.5. The number of hydrogen-bond donors (Lipinski definition) is 0. The second-order valence-electron chi connectivity index (χ2n) is 17.3. The first-order chi connectivity index (χ1) is 31.5. The molecule has 12 rings (SSSR count). The summed E-state index contributed by atoms with van der Waals surface area (Å²) in [5.74, 6) is 0. The van der Waals surface area contributed by atoms with E-state index in [-0.39, 0.29) is 5.41 Å². The molecule has 0 fully saturated rings. The van der Waals surface area contributed by atoms with Gasteiger partial charge in [-0.2, -0.15) is 0 Å². The highest BCUT2D eigenvalue weighted by Crippen LogP contribution is 2.51. The van der Waals surface area contributed by atoms with E-state index < -0.39 is 0 Å². The smallest absolute Gasteiger partial charge is 0.0544 e. The zero-order valence-corrected chi connectivity index (χ0v) is 35.4. The third-order valence-electron chi connectivity index (χ3n) is 13.1. The van der Waals surface area contributed by atoms with Gasteiger partial charge < -0.3 is 4.57 Å². The molecule has 1 aliphatic rings.